The molecule has 136 valence electrons. The Kier molecular flexibility index (Phi) is 7.41. The molecule has 0 radical (unpaired) electrons. The second-order valence-electron chi connectivity index (χ2n) is 6.05. The van der Waals surface area contributed by atoms with Crippen LogP contribution in [0.25, 0.3) is 0 Å². The third-order valence-electron chi connectivity index (χ3n) is 3.73. The third kappa shape index (κ3) is 5.83. The van der Waals surface area contributed by atoms with Gasteiger partial charge in [-0.15, -0.1) is 0 Å². The number of methoxy groups -OCH3 is 2. The Hall–Kier alpha value is -1.91. The summed E-state index contributed by atoms with van der Waals surface area (Å²) in [5.41, 5.74) is 2.33. The fraction of sp³-hybridized carbons (Fsp3) is 0.400. The molecule has 0 heterocycles. The van der Waals surface area contributed by atoms with E-state index in [2.05, 4.69) is 11.4 Å². The molecule has 0 aliphatic carbocycles. The van der Waals surface area contributed by atoms with Crippen LogP contribution in [0.3, 0.4) is 0 Å². The first-order valence-electron chi connectivity index (χ1n) is 8.40. The molecule has 2 rings (SSSR count). The van der Waals surface area contributed by atoms with Crippen molar-refractivity contribution in [2.75, 3.05) is 20.8 Å². The molecule has 0 fully saturated rings. The van der Waals surface area contributed by atoms with Gasteiger partial charge in [-0.1, -0.05) is 23.7 Å². The highest BCUT2D eigenvalue weighted by molar-refractivity contribution is 6.32. The number of nitrogens with one attached hydrogen (secondary N) is 1. The summed E-state index contributed by atoms with van der Waals surface area (Å²) in [6, 6.07) is 11.9. The van der Waals surface area contributed by atoms with Gasteiger partial charge >= 0.3 is 0 Å². The van der Waals surface area contributed by atoms with Crippen molar-refractivity contribution in [3.8, 4) is 17.2 Å². The average Bonchev–Trinajstić information content (AvgIpc) is 2.60. The summed E-state index contributed by atoms with van der Waals surface area (Å²) in [4.78, 5) is 0. The third-order valence-corrected chi connectivity index (χ3v) is 4.02. The summed E-state index contributed by atoms with van der Waals surface area (Å²) in [6.07, 6.45) is 1.02. The van der Waals surface area contributed by atoms with E-state index < -0.39 is 0 Å². The number of benzene rings is 2. The Labute approximate surface area is 155 Å². The predicted molar refractivity (Wildman–Crippen MR) is 102 cm³/mol. The minimum atomic E-state index is 0.114. The molecule has 4 nitrogen and oxygen atoms in total. The molecule has 25 heavy (non-hydrogen) atoms. The number of hydrogen-bond donors (Lipinski definition) is 1. The standard InChI is InChI=1S/C20H26ClNO3/c1-14(2)25-18-7-6-16(11-17(18)21)13-22-10-9-15-5-8-19(23-3)20(12-15)24-4/h5-8,11-12,14,22H,9-10,13H2,1-4H3. The fourth-order valence-electron chi connectivity index (χ4n) is 2.51. The van der Waals surface area contributed by atoms with Crippen LogP contribution < -0.4 is 19.5 Å². The highest BCUT2D eigenvalue weighted by Crippen LogP contribution is 2.28. The molecule has 0 unspecified atom stereocenters. The molecule has 0 saturated carbocycles. The first-order valence-corrected chi connectivity index (χ1v) is 8.78. The molecule has 0 saturated heterocycles. The highest BCUT2D eigenvalue weighted by Gasteiger charge is 2.06. The first kappa shape index (κ1) is 19.4. The molecule has 0 aliphatic heterocycles. The van der Waals surface area contributed by atoms with Gasteiger partial charge in [0.15, 0.2) is 11.5 Å². The molecular formula is C20H26ClNO3. The van der Waals surface area contributed by atoms with Crippen molar-refractivity contribution in [3.63, 3.8) is 0 Å². The Morgan fingerprint density at radius 2 is 1.60 bits per heavy atom. The van der Waals surface area contributed by atoms with E-state index in [-0.39, 0.29) is 6.10 Å². The summed E-state index contributed by atoms with van der Waals surface area (Å²) in [6.45, 7) is 5.59. The molecule has 0 amide bonds. The zero-order chi connectivity index (χ0) is 18.2. The Morgan fingerprint density at radius 1 is 0.920 bits per heavy atom. The lowest BCUT2D eigenvalue weighted by atomic mass is 10.1. The van der Waals surface area contributed by atoms with Gasteiger partial charge in [-0.05, 0) is 62.2 Å². The van der Waals surface area contributed by atoms with Crippen LogP contribution in [0, 0.1) is 0 Å². The van der Waals surface area contributed by atoms with Gasteiger partial charge in [-0.3, -0.25) is 0 Å². The van der Waals surface area contributed by atoms with Gasteiger partial charge < -0.3 is 19.5 Å². The highest BCUT2D eigenvalue weighted by atomic mass is 35.5. The van der Waals surface area contributed by atoms with Gasteiger partial charge in [-0.25, -0.2) is 0 Å². The van der Waals surface area contributed by atoms with Gasteiger partial charge in [0.1, 0.15) is 5.75 Å². The Morgan fingerprint density at radius 3 is 2.24 bits per heavy atom. The molecule has 2 aromatic rings. The SMILES string of the molecule is COc1ccc(CCNCc2ccc(OC(C)C)c(Cl)c2)cc1OC. The number of halogens is 1. The second kappa shape index (κ2) is 9.54. The van der Waals surface area contributed by atoms with E-state index in [1.54, 1.807) is 14.2 Å². The summed E-state index contributed by atoms with van der Waals surface area (Å²) in [5, 5.41) is 4.08. The van der Waals surface area contributed by atoms with Crippen LogP contribution in [-0.2, 0) is 13.0 Å². The topological polar surface area (TPSA) is 39.7 Å². The monoisotopic (exact) mass is 363 g/mol. The minimum absolute atomic E-state index is 0.114. The molecule has 0 bridgehead atoms. The van der Waals surface area contributed by atoms with E-state index in [9.17, 15) is 0 Å². The molecule has 0 aliphatic rings. The maximum Gasteiger partial charge on any atom is 0.160 e. The van der Waals surface area contributed by atoms with Crippen molar-refractivity contribution in [2.45, 2.75) is 32.9 Å². The van der Waals surface area contributed by atoms with Gasteiger partial charge in [0.05, 0.1) is 25.3 Å². The zero-order valence-electron chi connectivity index (χ0n) is 15.3. The molecule has 0 aromatic heterocycles. The second-order valence-corrected chi connectivity index (χ2v) is 6.45. The fourth-order valence-corrected chi connectivity index (χ4v) is 2.75. The van der Waals surface area contributed by atoms with Gasteiger partial charge in [0, 0.05) is 6.54 Å². The largest absolute Gasteiger partial charge is 0.493 e. The van der Waals surface area contributed by atoms with E-state index in [4.69, 9.17) is 25.8 Å². The van der Waals surface area contributed by atoms with E-state index in [1.165, 1.54) is 5.56 Å². The Balaban J connectivity index is 1.84. The van der Waals surface area contributed by atoms with Crippen LogP contribution in [0.2, 0.25) is 5.02 Å². The maximum atomic E-state index is 6.27. The van der Waals surface area contributed by atoms with Crippen molar-refractivity contribution in [3.05, 3.63) is 52.5 Å². The zero-order valence-corrected chi connectivity index (χ0v) is 16.0. The Bertz CT molecular complexity index is 689. The number of hydrogen-bond acceptors (Lipinski definition) is 4. The predicted octanol–water partition coefficient (Wildman–Crippen LogP) is 4.48. The lowest BCUT2D eigenvalue weighted by molar-refractivity contribution is 0.242. The van der Waals surface area contributed by atoms with Crippen LogP contribution in [0.1, 0.15) is 25.0 Å². The molecular weight excluding hydrogens is 338 g/mol. The van der Waals surface area contributed by atoms with Crippen LogP contribution in [0.4, 0.5) is 0 Å². The van der Waals surface area contributed by atoms with Crippen LogP contribution in [0.5, 0.6) is 17.2 Å². The van der Waals surface area contributed by atoms with E-state index in [0.29, 0.717) is 5.02 Å². The summed E-state index contributed by atoms with van der Waals surface area (Å²) in [7, 11) is 3.29. The van der Waals surface area contributed by atoms with Gasteiger partial charge in [0.2, 0.25) is 0 Å². The van der Waals surface area contributed by atoms with Gasteiger partial charge in [-0.2, -0.15) is 0 Å². The van der Waals surface area contributed by atoms with Crippen LogP contribution in [-0.4, -0.2) is 26.9 Å². The molecule has 0 atom stereocenters. The van der Waals surface area contributed by atoms with Crippen molar-refractivity contribution < 1.29 is 14.2 Å². The number of rotatable bonds is 9. The first-order chi connectivity index (χ1) is 12.0. The van der Waals surface area contributed by atoms with Crippen molar-refractivity contribution in [1.29, 1.82) is 0 Å². The van der Waals surface area contributed by atoms with Crippen molar-refractivity contribution >= 4 is 11.6 Å². The van der Waals surface area contributed by atoms with E-state index >= 15 is 0 Å². The lowest BCUT2D eigenvalue weighted by Crippen LogP contribution is -2.16. The minimum Gasteiger partial charge on any atom is -0.493 e. The average molecular weight is 364 g/mol. The normalized spacial score (nSPS) is 10.8. The van der Waals surface area contributed by atoms with Crippen molar-refractivity contribution in [2.24, 2.45) is 0 Å². The van der Waals surface area contributed by atoms with Crippen LogP contribution >= 0.6 is 11.6 Å². The summed E-state index contributed by atoms with van der Waals surface area (Å²) < 4.78 is 16.2. The van der Waals surface area contributed by atoms with Gasteiger partial charge in [0.25, 0.3) is 0 Å². The summed E-state index contributed by atoms with van der Waals surface area (Å²) in [5.74, 6) is 2.23. The molecule has 0 spiro atoms. The van der Waals surface area contributed by atoms with E-state index in [1.807, 2.05) is 44.2 Å². The van der Waals surface area contributed by atoms with Crippen LogP contribution in [0.15, 0.2) is 36.4 Å². The smallest absolute Gasteiger partial charge is 0.160 e. The molecule has 5 heteroatoms. The summed E-state index contributed by atoms with van der Waals surface area (Å²) >= 11 is 6.27. The number of ether oxygens (including phenoxy) is 3. The lowest BCUT2D eigenvalue weighted by Gasteiger charge is -2.13. The van der Waals surface area contributed by atoms with Crippen molar-refractivity contribution in [1.82, 2.24) is 5.32 Å². The quantitative estimate of drug-likeness (QED) is 0.667. The van der Waals surface area contributed by atoms with E-state index in [0.717, 1.165) is 42.3 Å². The maximum absolute atomic E-state index is 6.27. The molecule has 1 N–H and O–H groups in total. The molecule has 2 aromatic carbocycles.